The number of rotatable bonds is 6. The average Bonchev–Trinajstić information content (AvgIpc) is 3.44. The molecule has 0 N–H and O–H groups in total. The van der Waals surface area contributed by atoms with E-state index in [1.807, 2.05) is 0 Å². The van der Waals surface area contributed by atoms with Gasteiger partial charge in [0.25, 0.3) is 0 Å². The molecule has 0 amide bonds. The summed E-state index contributed by atoms with van der Waals surface area (Å²) in [4.78, 5) is 2.65. The zero-order chi connectivity index (χ0) is 17.1. The van der Waals surface area contributed by atoms with E-state index in [9.17, 15) is 0 Å². The van der Waals surface area contributed by atoms with E-state index in [0.717, 1.165) is 13.1 Å². The van der Waals surface area contributed by atoms with Gasteiger partial charge in [-0.2, -0.15) is 0 Å². The van der Waals surface area contributed by atoms with Crippen LogP contribution in [0.2, 0.25) is 0 Å². The molecule has 3 aromatic rings. The highest BCUT2D eigenvalue weighted by atomic mass is 15.2. The Hall–Kier alpha value is -2.38. The number of nitrogens with zero attached hydrogens (tertiary/aromatic N) is 1. The molecule has 0 saturated heterocycles. The van der Waals surface area contributed by atoms with Crippen LogP contribution in [0.1, 0.15) is 34.6 Å². The molecular weight excluding hydrogens is 302 g/mol. The standard InChI is InChI=1S/C24H25N/c1-19-12-14-22(15-13-19)23-16-24(23)25(17-20-8-4-2-5-9-20)18-21-10-6-3-7-11-21/h2-15,23-24H,16-18H2,1H3/t23-,24+/m1/s1. The Balaban J connectivity index is 1.52. The molecule has 2 atom stereocenters. The second-order valence-corrected chi connectivity index (χ2v) is 7.20. The van der Waals surface area contributed by atoms with E-state index in [2.05, 4.69) is 96.8 Å². The summed E-state index contributed by atoms with van der Waals surface area (Å²) >= 11 is 0. The summed E-state index contributed by atoms with van der Waals surface area (Å²) in [5, 5.41) is 0. The zero-order valence-corrected chi connectivity index (χ0v) is 14.8. The molecule has 0 aliphatic heterocycles. The Morgan fingerprint density at radius 3 is 1.76 bits per heavy atom. The van der Waals surface area contributed by atoms with Crippen molar-refractivity contribution in [3.05, 3.63) is 107 Å². The van der Waals surface area contributed by atoms with E-state index in [-0.39, 0.29) is 0 Å². The van der Waals surface area contributed by atoms with Crippen LogP contribution in [0.25, 0.3) is 0 Å². The van der Waals surface area contributed by atoms with Gasteiger partial charge in [0.2, 0.25) is 0 Å². The van der Waals surface area contributed by atoms with E-state index in [1.54, 1.807) is 0 Å². The maximum atomic E-state index is 2.65. The van der Waals surface area contributed by atoms with Gasteiger partial charge < -0.3 is 0 Å². The van der Waals surface area contributed by atoms with Crippen molar-refractivity contribution in [1.29, 1.82) is 0 Å². The molecular formula is C24H25N. The molecule has 1 nitrogen and oxygen atoms in total. The Morgan fingerprint density at radius 2 is 1.24 bits per heavy atom. The van der Waals surface area contributed by atoms with Crippen LogP contribution >= 0.6 is 0 Å². The predicted molar refractivity (Wildman–Crippen MR) is 104 cm³/mol. The van der Waals surface area contributed by atoms with Crippen molar-refractivity contribution in [1.82, 2.24) is 4.90 Å². The van der Waals surface area contributed by atoms with E-state index < -0.39 is 0 Å². The monoisotopic (exact) mass is 327 g/mol. The van der Waals surface area contributed by atoms with Gasteiger partial charge in [0.1, 0.15) is 0 Å². The van der Waals surface area contributed by atoms with Crippen LogP contribution in [0.15, 0.2) is 84.9 Å². The third-order valence-electron chi connectivity index (χ3n) is 5.19. The molecule has 0 bridgehead atoms. The third kappa shape index (κ3) is 4.00. The largest absolute Gasteiger partial charge is 0.291 e. The summed E-state index contributed by atoms with van der Waals surface area (Å²) in [5.74, 6) is 0.674. The molecule has 1 heteroatoms. The highest BCUT2D eigenvalue weighted by molar-refractivity contribution is 5.31. The van der Waals surface area contributed by atoms with Crippen molar-refractivity contribution < 1.29 is 0 Å². The Bertz CT molecular complexity index is 751. The van der Waals surface area contributed by atoms with Gasteiger partial charge in [-0.05, 0) is 30.0 Å². The van der Waals surface area contributed by atoms with Crippen LogP contribution in [0.3, 0.4) is 0 Å². The van der Waals surface area contributed by atoms with Gasteiger partial charge >= 0.3 is 0 Å². The highest BCUT2D eigenvalue weighted by Gasteiger charge is 2.42. The smallest absolute Gasteiger partial charge is 0.0240 e. The number of aryl methyl sites for hydroxylation is 1. The fourth-order valence-corrected chi connectivity index (χ4v) is 3.68. The minimum atomic E-state index is 0.642. The first kappa shape index (κ1) is 16.1. The number of benzene rings is 3. The summed E-state index contributed by atoms with van der Waals surface area (Å²) in [7, 11) is 0. The maximum Gasteiger partial charge on any atom is 0.0240 e. The topological polar surface area (TPSA) is 3.24 Å². The Labute approximate surface area is 150 Å². The summed E-state index contributed by atoms with van der Waals surface area (Å²) in [6.45, 7) is 4.19. The predicted octanol–water partition coefficient (Wildman–Crippen LogP) is 5.55. The lowest BCUT2D eigenvalue weighted by Gasteiger charge is -2.23. The van der Waals surface area contributed by atoms with Crippen molar-refractivity contribution in [3.8, 4) is 0 Å². The first-order valence-electron chi connectivity index (χ1n) is 9.18. The Morgan fingerprint density at radius 1 is 0.720 bits per heavy atom. The number of hydrogen-bond donors (Lipinski definition) is 0. The summed E-state index contributed by atoms with van der Waals surface area (Å²) in [5.41, 5.74) is 5.62. The third-order valence-corrected chi connectivity index (χ3v) is 5.19. The van der Waals surface area contributed by atoms with Gasteiger partial charge in [0.15, 0.2) is 0 Å². The van der Waals surface area contributed by atoms with Gasteiger partial charge in [0, 0.05) is 25.0 Å². The molecule has 25 heavy (non-hydrogen) atoms. The lowest BCUT2D eigenvalue weighted by atomic mass is 10.1. The van der Waals surface area contributed by atoms with Gasteiger partial charge in [0.05, 0.1) is 0 Å². The second-order valence-electron chi connectivity index (χ2n) is 7.20. The van der Waals surface area contributed by atoms with E-state index in [1.165, 1.54) is 28.7 Å². The van der Waals surface area contributed by atoms with Crippen molar-refractivity contribution >= 4 is 0 Å². The molecule has 0 radical (unpaired) electrons. The summed E-state index contributed by atoms with van der Waals surface area (Å²) < 4.78 is 0. The minimum absolute atomic E-state index is 0.642. The fourth-order valence-electron chi connectivity index (χ4n) is 3.68. The summed E-state index contributed by atoms with van der Waals surface area (Å²) in [6.07, 6.45) is 1.27. The molecule has 1 fully saturated rings. The van der Waals surface area contributed by atoms with Crippen LogP contribution in [0, 0.1) is 6.92 Å². The average molecular weight is 327 g/mol. The minimum Gasteiger partial charge on any atom is -0.291 e. The van der Waals surface area contributed by atoms with Crippen LogP contribution in [0.5, 0.6) is 0 Å². The first-order chi connectivity index (χ1) is 12.3. The van der Waals surface area contributed by atoms with Crippen LogP contribution in [-0.4, -0.2) is 10.9 Å². The molecule has 0 spiro atoms. The quantitative estimate of drug-likeness (QED) is 0.573. The van der Waals surface area contributed by atoms with Crippen molar-refractivity contribution in [3.63, 3.8) is 0 Å². The zero-order valence-electron chi connectivity index (χ0n) is 14.8. The van der Waals surface area contributed by atoms with Crippen LogP contribution in [-0.2, 0) is 13.1 Å². The van der Waals surface area contributed by atoms with Crippen LogP contribution < -0.4 is 0 Å². The Kier molecular flexibility index (Phi) is 4.67. The lowest BCUT2D eigenvalue weighted by Crippen LogP contribution is -2.26. The maximum absolute atomic E-state index is 2.65. The van der Waals surface area contributed by atoms with Gasteiger partial charge in [-0.15, -0.1) is 0 Å². The molecule has 3 aromatic carbocycles. The van der Waals surface area contributed by atoms with Crippen molar-refractivity contribution in [2.45, 2.75) is 38.4 Å². The van der Waals surface area contributed by atoms with Gasteiger partial charge in [-0.25, -0.2) is 0 Å². The lowest BCUT2D eigenvalue weighted by molar-refractivity contribution is 0.241. The van der Waals surface area contributed by atoms with E-state index >= 15 is 0 Å². The summed E-state index contributed by atoms with van der Waals surface area (Å²) in [6, 6.07) is 31.4. The van der Waals surface area contributed by atoms with Crippen molar-refractivity contribution in [2.75, 3.05) is 0 Å². The van der Waals surface area contributed by atoms with Crippen LogP contribution in [0.4, 0.5) is 0 Å². The SMILES string of the molecule is Cc1ccc([C@H]2C[C@@H]2N(Cc2ccccc2)Cc2ccccc2)cc1. The van der Waals surface area contributed by atoms with Gasteiger partial charge in [-0.3, -0.25) is 4.90 Å². The van der Waals surface area contributed by atoms with Crippen molar-refractivity contribution in [2.24, 2.45) is 0 Å². The van der Waals surface area contributed by atoms with Gasteiger partial charge in [-0.1, -0.05) is 90.5 Å². The van der Waals surface area contributed by atoms with E-state index in [4.69, 9.17) is 0 Å². The molecule has 1 saturated carbocycles. The molecule has 126 valence electrons. The highest BCUT2D eigenvalue weighted by Crippen LogP contribution is 2.45. The fraction of sp³-hybridized carbons (Fsp3) is 0.250. The number of hydrogen-bond acceptors (Lipinski definition) is 1. The molecule has 1 aliphatic carbocycles. The second kappa shape index (κ2) is 7.25. The normalized spacial score (nSPS) is 19.1. The molecule has 0 unspecified atom stereocenters. The molecule has 0 heterocycles. The molecule has 0 aromatic heterocycles. The first-order valence-corrected chi connectivity index (χ1v) is 9.18. The van der Waals surface area contributed by atoms with E-state index in [0.29, 0.717) is 12.0 Å². The molecule has 1 aliphatic rings. The molecule has 4 rings (SSSR count).